The number of hydrogen-bond donors (Lipinski definition) is 1. The molecule has 0 bridgehead atoms. The van der Waals surface area contributed by atoms with E-state index in [4.69, 9.17) is 14.2 Å². The Morgan fingerprint density at radius 1 is 0.963 bits per heavy atom. The van der Waals surface area contributed by atoms with Gasteiger partial charge in [-0.15, -0.1) is 0 Å². The lowest BCUT2D eigenvalue weighted by Gasteiger charge is -2.24. The van der Waals surface area contributed by atoms with Crippen LogP contribution < -0.4 is 19.5 Å². The summed E-state index contributed by atoms with van der Waals surface area (Å²) in [6, 6.07) is 13.2. The van der Waals surface area contributed by atoms with E-state index < -0.39 is 0 Å². The monoisotopic (exact) mass is 372 g/mol. The molecule has 2 aromatic rings. The molecule has 0 aromatic heterocycles. The quantitative estimate of drug-likeness (QED) is 0.733. The number of benzene rings is 2. The SMILES string of the molecule is COc1ccc(CNC(=O)C(C)N(C)Cc2ccc(OC)c(OC)c2)cc1. The van der Waals surface area contributed by atoms with Crippen molar-refractivity contribution in [2.45, 2.75) is 26.1 Å². The molecule has 2 rings (SSSR count). The predicted octanol–water partition coefficient (Wildman–Crippen LogP) is 2.85. The van der Waals surface area contributed by atoms with Gasteiger partial charge in [-0.1, -0.05) is 18.2 Å². The summed E-state index contributed by atoms with van der Waals surface area (Å²) >= 11 is 0. The Hall–Kier alpha value is -2.73. The minimum Gasteiger partial charge on any atom is -0.497 e. The van der Waals surface area contributed by atoms with Gasteiger partial charge >= 0.3 is 0 Å². The third-order valence-electron chi connectivity index (χ3n) is 4.55. The number of hydrogen-bond acceptors (Lipinski definition) is 5. The second-order valence-electron chi connectivity index (χ2n) is 6.35. The van der Waals surface area contributed by atoms with E-state index in [0.717, 1.165) is 16.9 Å². The highest BCUT2D eigenvalue weighted by Gasteiger charge is 2.18. The zero-order chi connectivity index (χ0) is 19.8. The minimum absolute atomic E-state index is 0.0196. The maximum Gasteiger partial charge on any atom is 0.237 e. The zero-order valence-electron chi connectivity index (χ0n) is 16.6. The van der Waals surface area contributed by atoms with Gasteiger partial charge < -0.3 is 19.5 Å². The van der Waals surface area contributed by atoms with Crippen LogP contribution in [0.25, 0.3) is 0 Å². The topological polar surface area (TPSA) is 60.0 Å². The standard InChI is InChI=1S/C21H28N2O4/c1-15(21(24)22-13-16-6-9-18(25-3)10-7-16)23(2)14-17-8-11-19(26-4)20(12-17)27-5/h6-12,15H,13-14H2,1-5H3,(H,22,24). The molecule has 146 valence electrons. The van der Waals surface area contributed by atoms with Crippen molar-refractivity contribution in [3.63, 3.8) is 0 Å². The molecular weight excluding hydrogens is 344 g/mol. The van der Waals surface area contributed by atoms with Crippen molar-refractivity contribution >= 4 is 5.91 Å². The Balaban J connectivity index is 1.91. The number of ether oxygens (including phenoxy) is 3. The Morgan fingerprint density at radius 3 is 2.19 bits per heavy atom. The van der Waals surface area contributed by atoms with E-state index >= 15 is 0 Å². The Labute approximate surface area is 161 Å². The third kappa shape index (κ3) is 5.62. The molecule has 0 radical (unpaired) electrons. The number of nitrogens with one attached hydrogen (secondary N) is 1. The Morgan fingerprint density at radius 2 is 1.59 bits per heavy atom. The van der Waals surface area contributed by atoms with E-state index in [9.17, 15) is 4.79 Å². The van der Waals surface area contributed by atoms with Crippen LogP contribution in [-0.4, -0.2) is 45.2 Å². The summed E-state index contributed by atoms with van der Waals surface area (Å²) in [5, 5.41) is 2.98. The second-order valence-corrected chi connectivity index (χ2v) is 6.35. The molecule has 1 N–H and O–H groups in total. The molecule has 27 heavy (non-hydrogen) atoms. The van der Waals surface area contributed by atoms with Crippen molar-refractivity contribution in [3.8, 4) is 17.2 Å². The molecule has 6 nitrogen and oxygen atoms in total. The summed E-state index contributed by atoms with van der Waals surface area (Å²) in [5.41, 5.74) is 2.07. The van der Waals surface area contributed by atoms with Gasteiger partial charge in [-0.05, 0) is 49.4 Å². The maximum absolute atomic E-state index is 12.5. The molecule has 2 aromatic carbocycles. The van der Waals surface area contributed by atoms with E-state index in [-0.39, 0.29) is 11.9 Å². The van der Waals surface area contributed by atoms with Crippen LogP contribution in [0.2, 0.25) is 0 Å². The smallest absolute Gasteiger partial charge is 0.237 e. The van der Waals surface area contributed by atoms with Crippen molar-refractivity contribution in [2.75, 3.05) is 28.4 Å². The molecule has 0 aliphatic rings. The number of rotatable bonds is 9. The van der Waals surface area contributed by atoms with Gasteiger partial charge in [0.25, 0.3) is 0 Å². The van der Waals surface area contributed by atoms with Crippen LogP contribution in [-0.2, 0) is 17.9 Å². The van der Waals surface area contributed by atoms with Crippen LogP contribution in [0.5, 0.6) is 17.2 Å². The molecule has 0 aliphatic carbocycles. The lowest BCUT2D eigenvalue weighted by atomic mass is 10.1. The van der Waals surface area contributed by atoms with E-state index in [1.54, 1.807) is 21.3 Å². The van der Waals surface area contributed by atoms with Gasteiger partial charge in [-0.3, -0.25) is 9.69 Å². The van der Waals surface area contributed by atoms with Crippen LogP contribution in [0.4, 0.5) is 0 Å². The molecule has 1 atom stereocenters. The number of nitrogens with zero attached hydrogens (tertiary/aromatic N) is 1. The summed E-state index contributed by atoms with van der Waals surface area (Å²) in [6.07, 6.45) is 0. The fourth-order valence-corrected chi connectivity index (χ4v) is 2.68. The fourth-order valence-electron chi connectivity index (χ4n) is 2.68. The van der Waals surface area contributed by atoms with Crippen molar-refractivity contribution in [1.82, 2.24) is 10.2 Å². The first kappa shape index (κ1) is 20.6. The van der Waals surface area contributed by atoms with Crippen LogP contribution in [0, 0.1) is 0 Å². The first-order valence-electron chi connectivity index (χ1n) is 8.80. The van der Waals surface area contributed by atoms with Gasteiger partial charge in [0.05, 0.1) is 27.4 Å². The maximum atomic E-state index is 12.5. The van der Waals surface area contributed by atoms with Crippen LogP contribution >= 0.6 is 0 Å². The van der Waals surface area contributed by atoms with Gasteiger partial charge in [0.2, 0.25) is 5.91 Å². The van der Waals surface area contributed by atoms with Crippen LogP contribution in [0.15, 0.2) is 42.5 Å². The van der Waals surface area contributed by atoms with Crippen molar-refractivity contribution in [3.05, 3.63) is 53.6 Å². The van der Waals surface area contributed by atoms with Crippen molar-refractivity contribution in [1.29, 1.82) is 0 Å². The highest BCUT2D eigenvalue weighted by Crippen LogP contribution is 2.28. The molecule has 1 unspecified atom stereocenters. The predicted molar refractivity (Wildman–Crippen MR) is 105 cm³/mol. The van der Waals surface area contributed by atoms with E-state index in [2.05, 4.69) is 5.32 Å². The minimum atomic E-state index is -0.267. The van der Waals surface area contributed by atoms with Gasteiger partial charge in [-0.25, -0.2) is 0 Å². The van der Waals surface area contributed by atoms with Gasteiger partial charge in [0, 0.05) is 13.1 Å². The lowest BCUT2D eigenvalue weighted by molar-refractivity contribution is -0.125. The van der Waals surface area contributed by atoms with Crippen LogP contribution in [0.1, 0.15) is 18.1 Å². The molecular formula is C21H28N2O4. The molecule has 0 heterocycles. The number of likely N-dealkylation sites (N-methyl/N-ethyl adjacent to an activating group) is 1. The van der Waals surface area contributed by atoms with E-state index in [0.29, 0.717) is 24.6 Å². The van der Waals surface area contributed by atoms with Gasteiger partial charge in [0.1, 0.15) is 5.75 Å². The van der Waals surface area contributed by atoms with E-state index in [1.165, 1.54) is 0 Å². The lowest BCUT2D eigenvalue weighted by Crippen LogP contribution is -2.42. The van der Waals surface area contributed by atoms with Crippen molar-refractivity contribution < 1.29 is 19.0 Å². The summed E-state index contributed by atoms with van der Waals surface area (Å²) in [4.78, 5) is 14.5. The molecule has 0 aliphatic heterocycles. The average Bonchev–Trinajstić information content (AvgIpc) is 2.71. The highest BCUT2D eigenvalue weighted by molar-refractivity contribution is 5.81. The fraction of sp³-hybridized carbons (Fsp3) is 0.381. The molecule has 0 saturated heterocycles. The largest absolute Gasteiger partial charge is 0.497 e. The molecule has 0 spiro atoms. The van der Waals surface area contributed by atoms with Crippen LogP contribution in [0.3, 0.4) is 0 Å². The number of carbonyl (C=O) groups excluding carboxylic acids is 1. The Bertz CT molecular complexity index is 746. The summed E-state index contributed by atoms with van der Waals surface area (Å²) in [6.45, 7) is 3.00. The first-order chi connectivity index (χ1) is 13.0. The van der Waals surface area contributed by atoms with Crippen molar-refractivity contribution in [2.24, 2.45) is 0 Å². The molecule has 6 heteroatoms. The number of methoxy groups -OCH3 is 3. The number of carbonyl (C=O) groups is 1. The zero-order valence-corrected chi connectivity index (χ0v) is 16.6. The summed E-state index contributed by atoms with van der Waals surface area (Å²) < 4.78 is 15.7. The summed E-state index contributed by atoms with van der Waals surface area (Å²) in [7, 11) is 6.78. The highest BCUT2D eigenvalue weighted by atomic mass is 16.5. The van der Waals surface area contributed by atoms with Gasteiger partial charge in [-0.2, -0.15) is 0 Å². The molecule has 1 amide bonds. The van der Waals surface area contributed by atoms with E-state index in [1.807, 2.05) is 61.3 Å². The third-order valence-corrected chi connectivity index (χ3v) is 4.55. The summed E-state index contributed by atoms with van der Waals surface area (Å²) in [5.74, 6) is 2.15. The normalized spacial score (nSPS) is 11.8. The second kappa shape index (κ2) is 9.83. The first-order valence-corrected chi connectivity index (χ1v) is 8.80. The Kier molecular flexibility index (Phi) is 7.49. The average molecular weight is 372 g/mol. The van der Waals surface area contributed by atoms with Gasteiger partial charge in [0.15, 0.2) is 11.5 Å². The molecule has 0 fully saturated rings. The molecule has 0 saturated carbocycles. The number of amides is 1.